The van der Waals surface area contributed by atoms with E-state index in [1.54, 1.807) is 19.1 Å². The van der Waals surface area contributed by atoms with Crippen LogP contribution < -0.4 is 15.0 Å². The van der Waals surface area contributed by atoms with Crippen LogP contribution in [0.15, 0.2) is 42.5 Å². The van der Waals surface area contributed by atoms with Gasteiger partial charge in [0, 0.05) is 25.7 Å². The number of nitrogens with one attached hydrogen (secondary N) is 1. The van der Waals surface area contributed by atoms with Gasteiger partial charge in [-0.3, -0.25) is 9.59 Å². The average Bonchev–Trinajstić information content (AvgIpc) is 2.63. The molecule has 2 amide bonds. The van der Waals surface area contributed by atoms with Gasteiger partial charge in [0.25, 0.3) is 0 Å². The first kappa shape index (κ1) is 17.0. The molecule has 1 N–H and O–H groups in total. The van der Waals surface area contributed by atoms with Gasteiger partial charge < -0.3 is 15.0 Å². The summed E-state index contributed by atoms with van der Waals surface area (Å²) >= 11 is 0. The first-order valence-electron chi connectivity index (χ1n) is 8.35. The third-order valence-corrected chi connectivity index (χ3v) is 4.48. The summed E-state index contributed by atoms with van der Waals surface area (Å²) in [5.41, 5.74) is 4.08. The van der Waals surface area contributed by atoms with E-state index in [2.05, 4.69) is 11.4 Å². The van der Waals surface area contributed by atoms with E-state index >= 15 is 0 Å². The maximum atomic E-state index is 12.2. The Labute approximate surface area is 147 Å². The second-order valence-corrected chi connectivity index (χ2v) is 6.22. The molecular weight excluding hydrogens is 316 g/mol. The molecule has 0 radical (unpaired) electrons. The minimum atomic E-state index is -0.0294. The third kappa shape index (κ3) is 3.99. The molecular formula is C20H22N2O3. The molecule has 0 aromatic heterocycles. The highest BCUT2D eigenvalue weighted by Crippen LogP contribution is 2.27. The highest BCUT2D eigenvalue weighted by atomic mass is 16.5. The van der Waals surface area contributed by atoms with E-state index < -0.39 is 0 Å². The molecule has 0 unspecified atom stereocenters. The van der Waals surface area contributed by atoms with Gasteiger partial charge in [0.05, 0.1) is 13.5 Å². The molecule has 0 spiro atoms. The van der Waals surface area contributed by atoms with Crippen molar-refractivity contribution >= 4 is 17.5 Å². The molecule has 1 heterocycles. The van der Waals surface area contributed by atoms with Gasteiger partial charge in [0.15, 0.2) is 0 Å². The number of rotatable bonds is 5. The van der Waals surface area contributed by atoms with Gasteiger partial charge in [-0.05, 0) is 41.3 Å². The fourth-order valence-electron chi connectivity index (χ4n) is 3.05. The zero-order valence-electron chi connectivity index (χ0n) is 14.5. The summed E-state index contributed by atoms with van der Waals surface area (Å²) < 4.78 is 5.18. The number of fused-ring (bicyclic) bond motifs is 1. The zero-order valence-corrected chi connectivity index (χ0v) is 14.5. The Morgan fingerprint density at radius 2 is 2.00 bits per heavy atom. The number of carbonyl (C=O) groups excluding carboxylic acids is 2. The Hall–Kier alpha value is -2.82. The third-order valence-electron chi connectivity index (χ3n) is 4.48. The van der Waals surface area contributed by atoms with Gasteiger partial charge >= 0.3 is 0 Å². The van der Waals surface area contributed by atoms with Crippen molar-refractivity contribution in [3.05, 3.63) is 59.2 Å². The number of hydrogen-bond donors (Lipinski definition) is 1. The molecule has 0 saturated carbocycles. The lowest BCUT2D eigenvalue weighted by Gasteiger charge is -2.26. The standard InChI is InChI=1S/C20H22N2O3/c1-22-18-8-6-15(10-16(18)7-9-20(22)24)13-21-19(23)12-14-4-3-5-17(11-14)25-2/h3-6,8,10-11H,7,9,12-13H2,1-2H3,(H,21,23). The number of amides is 2. The van der Waals surface area contributed by atoms with E-state index in [9.17, 15) is 9.59 Å². The number of carbonyl (C=O) groups is 2. The van der Waals surface area contributed by atoms with Crippen LogP contribution in [0.5, 0.6) is 5.75 Å². The Bertz CT molecular complexity index is 801. The molecule has 0 saturated heterocycles. The van der Waals surface area contributed by atoms with Crippen molar-refractivity contribution in [3.63, 3.8) is 0 Å². The van der Waals surface area contributed by atoms with Crippen molar-refractivity contribution in [1.29, 1.82) is 0 Å². The van der Waals surface area contributed by atoms with Crippen LogP contribution in [0.3, 0.4) is 0 Å². The number of nitrogens with zero attached hydrogens (tertiary/aromatic N) is 1. The summed E-state index contributed by atoms with van der Waals surface area (Å²) in [6.45, 7) is 0.480. The van der Waals surface area contributed by atoms with Crippen molar-refractivity contribution in [1.82, 2.24) is 5.32 Å². The van der Waals surface area contributed by atoms with Crippen LogP contribution in [0.25, 0.3) is 0 Å². The summed E-state index contributed by atoms with van der Waals surface area (Å²) in [5, 5.41) is 2.95. The van der Waals surface area contributed by atoms with Gasteiger partial charge in [-0.1, -0.05) is 24.3 Å². The van der Waals surface area contributed by atoms with Crippen molar-refractivity contribution in [2.75, 3.05) is 19.1 Å². The molecule has 2 aromatic rings. The van der Waals surface area contributed by atoms with Gasteiger partial charge in [-0.2, -0.15) is 0 Å². The van der Waals surface area contributed by atoms with Crippen molar-refractivity contribution in [2.24, 2.45) is 0 Å². The van der Waals surface area contributed by atoms with Crippen LogP contribution in [0.2, 0.25) is 0 Å². The zero-order chi connectivity index (χ0) is 17.8. The highest BCUT2D eigenvalue weighted by molar-refractivity contribution is 5.95. The predicted molar refractivity (Wildman–Crippen MR) is 96.7 cm³/mol. The fraction of sp³-hybridized carbons (Fsp3) is 0.300. The number of aryl methyl sites for hydroxylation is 1. The van der Waals surface area contributed by atoms with Crippen LogP contribution in [0.4, 0.5) is 5.69 Å². The van der Waals surface area contributed by atoms with Gasteiger partial charge in [-0.25, -0.2) is 0 Å². The smallest absolute Gasteiger partial charge is 0.227 e. The van der Waals surface area contributed by atoms with E-state index in [1.165, 1.54) is 0 Å². The first-order chi connectivity index (χ1) is 12.1. The lowest BCUT2D eigenvalue weighted by Crippen LogP contribution is -2.31. The second-order valence-electron chi connectivity index (χ2n) is 6.22. The maximum absolute atomic E-state index is 12.2. The SMILES string of the molecule is COc1cccc(CC(=O)NCc2ccc3c(c2)CCC(=O)N3C)c1. The van der Waals surface area contributed by atoms with E-state index in [4.69, 9.17) is 4.74 Å². The number of benzene rings is 2. The molecule has 2 aromatic carbocycles. The highest BCUT2D eigenvalue weighted by Gasteiger charge is 2.20. The summed E-state index contributed by atoms with van der Waals surface area (Å²) in [7, 11) is 3.41. The lowest BCUT2D eigenvalue weighted by atomic mass is 9.99. The molecule has 0 bridgehead atoms. The Kier molecular flexibility index (Phi) is 5.03. The van der Waals surface area contributed by atoms with Crippen molar-refractivity contribution in [2.45, 2.75) is 25.8 Å². The molecule has 5 nitrogen and oxygen atoms in total. The van der Waals surface area contributed by atoms with Crippen LogP contribution in [-0.2, 0) is 29.0 Å². The van der Waals surface area contributed by atoms with E-state index in [1.807, 2.05) is 36.4 Å². The van der Waals surface area contributed by atoms with Gasteiger partial charge in [0.2, 0.25) is 11.8 Å². The van der Waals surface area contributed by atoms with Crippen molar-refractivity contribution < 1.29 is 14.3 Å². The topological polar surface area (TPSA) is 58.6 Å². The second kappa shape index (κ2) is 7.38. The molecule has 0 atom stereocenters. The van der Waals surface area contributed by atoms with Crippen molar-refractivity contribution in [3.8, 4) is 5.75 Å². The minimum Gasteiger partial charge on any atom is -0.497 e. The Morgan fingerprint density at radius 1 is 1.16 bits per heavy atom. The van der Waals surface area contributed by atoms with Crippen LogP contribution in [0, 0.1) is 0 Å². The van der Waals surface area contributed by atoms with Crippen LogP contribution in [-0.4, -0.2) is 26.0 Å². The molecule has 0 fully saturated rings. The number of ether oxygens (including phenoxy) is 1. The lowest BCUT2D eigenvalue weighted by molar-refractivity contribution is -0.120. The van der Waals surface area contributed by atoms with E-state index in [0.717, 1.165) is 34.5 Å². The van der Waals surface area contributed by atoms with E-state index in [-0.39, 0.29) is 11.8 Å². The van der Waals surface area contributed by atoms with E-state index in [0.29, 0.717) is 19.4 Å². The van der Waals surface area contributed by atoms with Crippen LogP contribution >= 0.6 is 0 Å². The largest absolute Gasteiger partial charge is 0.497 e. The monoisotopic (exact) mass is 338 g/mol. The predicted octanol–water partition coefficient (Wildman–Crippen LogP) is 2.46. The normalized spacial score (nSPS) is 13.4. The summed E-state index contributed by atoms with van der Waals surface area (Å²) in [6.07, 6.45) is 1.61. The average molecular weight is 338 g/mol. The molecule has 1 aliphatic heterocycles. The summed E-state index contributed by atoms with van der Waals surface area (Å²) in [6, 6.07) is 13.5. The maximum Gasteiger partial charge on any atom is 0.227 e. The molecule has 3 rings (SSSR count). The summed E-state index contributed by atoms with van der Waals surface area (Å²) in [5.74, 6) is 0.865. The van der Waals surface area contributed by atoms with Crippen LogP contribution in [0.1, 0.15) is 23.1 Å². The number of hydrogen-bond acceptors (Lipinski definition) is 3. The molecule has 1 aliphatic rings. The molecule has 5 heteroatoms. The molecule has 130 valence electrons. The fourth-order valence-corrected chi connectivity index (χ4v) is 3.05. The Morgan fingerprint density at radius 3 is 2.80 bits per heavy atom. The quantitative estimate of drug-likeness (QED) is 0.911. The minimum absolute atomic E-state index is 0.0294. The molecule has 0 aliphatic carbocycles. The summed E-state index contributed by atoms with van der Waals surface area (Å²) in [4.78, 5) is 25.6. The first-order valence-corrected chi connectivity index (χ1v) is 8.35. The van der Waals surface area contributed by atoms with Gasteiger partial charge in [0.1, 0.15) is 5.75 Å². The number of methoxy groups -OCH3 is 1. The molecule has 25 heavy (non-hydrogen) atoms. The number of anilines is 1. The van der Waals surface area contributed by atoms with Gasteiger partial charge in [-0.15, -0.1) is 0 Å². The Balaban J connectivity index is 1.60.